The number of halogens is 1. The summed E-state index contributed by atoms with van der Waals surface area (Å²) in [4.78, 5) is 38.6. The van der Waals surface area contributed by atoms with Gasteiger partial charge in [-0.3, -0.25) is 14.9 Å². The van der Waals surface area contributed by atoms with Gasteiger partial charge in [-0.2, -0.15) is 0 Å². The highest BCUT2D eigenvalue weighted by Crippen LogP contribution is 2.25. The van der Waals surface area contributed by atoms with Crippen molar-refractivity contribution in [3.63, 3.8) is 0 Å². The van der Waals surface area contributed by atoms with Crippen molar-refractivity contribution >= 4 is 45.5 Å². The van der Waals surface area contributed by atoms with E-state index in [1.54, 1.807) is 48.5 Å². The number of barbiturate groups is 1. The third-order valence-corrected chi connectivity index (χ3v) is 6.25. The lowest BCUT2D eigenvalue weighted by Crippen LogP contribution is -2.54. The molecule has 3 aromatic carbocycles. The summed E-state index contributed by atoms with van der Waals surface area (Å²) in [5.41, 5.74) is 2.17. The van der Waals surface area contributed by atoms with E-state index in [1.165, 1.54) is 11.6 Å². The number of imide groups is 2. The van der Waals surface area contributed by atoms with Crippen molar-refractivity contribution in [1.82, 2.24) is 5.32 Å². The fraction of sp³-hybridized carbons (Fsp3) is 0.207. The minimum absolute atomic E-state index is 0.0914. The third-order valence-electron chi connectivity index (χ3n) is 5.72. The second kappa shape index (κ2) is 11.0. The Bertz CT molecular complexity index is 1320. The zero-order valence-electron chi connectivity index (χ0n) is 20.8. The van der Waals surface area contributed by atoms with E-state index < -0.39 is 17.8 Å². The van der Waals surface area contributed by atoms with Crippen LogP contribution in [0.25, 0.3) is 6.08 Å². The SMILES string of the molecule is CC(C)(C)c1ccc(OCCOc2ccc(C=C3C(=O)NC(=O)N(c4ccc(Br)cc4)C3=O)cc2)cc1. The van der Waals surface area contributed by atoms with Gasteiger partial charge in [-0.1, -0.05) is 61.0 Å². The molecule has 0 radical (unpaired) electrons. The Balaban J connectivity index is 1.35. The van der Waals surface area contributed by atoms with Crippen molar-refractivity contribution < 1.29 is 23.9 Å². The number of rotatable bonds is 7. The second-order valence-corrected chi connectivity index (χ2v) is 10.4. The fourth-order valence-corrected chi connectivity index (χ4v) is 3.94. The summed E-state index contributed by atoms with van der Waals surface area (Å²) in [7, 11) is 0. The van der Waals surface area contributed by atoms with E-state index in [4.69, 9.17) is 9.47 Å². The number of carbonyl (C=O) groups excluding carboxylic acids is 3. The van der Waals surface area contributed by atoms with E-state index in [-0.39, 0.29) is 11.0 Å². The van der Waals surface area contributed by atoms with Gasteiger partial charge in [-0.05, 0) is 71.1 Å². The van der Waals surface area contributed by atoms with Gasteiger partial charge in [0.1, 0.15) is 30.3 Å². The predicted molar refractivity (Wildman–Crippen MR) is 146 cm³/mol. The summed E-state index contributed by atoms with van der Waals surface area (Å²) in [5, 5.41) is 2.22. The average Bonchev–Trinajstić information content (AvgIpc) is 2.86. The number of hydrogen-bond donors (Lipinski definition) is 1. The number of nitrogens with one attached hydrogen (secondary N) is 1. The Morgan fingerprint density at radius 1 is 0.811 bits per heavy atom. The molecule has 0 aliphatic carbocycles. The van der Waals surface area contributed by atoms with Crippen molar-refractivity contribution in [3.05, 3.63) is 94.0 Å². The van der Waals surface area contributed by atoms with Crippen LogP contribution in [0, 0.1) is 0 Å². The first-order valence-corrected chi connectivity index (χ1v) is 12.5. The Kier molecular flexibility index (Phi) is 7.78. The highest BCUT2D eigenvalue weighted by molar-refractivity contribution is 9.10. The molecule has 1 aliphatic rings. The van der Waals surface area contributed by atoms with Gasteiger partial charge in [0.15, 0.2) is 0 Å². The Labute approximate surface area is 224 Å². The molecular formula is C29H27BrN2O5. The third kappa shape index (κ3) is 6.46. The minimum atomic E-state index is -0.786. The van der Waals surface area contributed by atoms with Crippen LogP contribution in [0.2, 0.25) is 0 Å². The van der Waals surface area contributed by atoms with E-state index >= 15 is 0 Å². The molecule has 3 aromatic rings. The lowest BCUT2D eigenvalue weighted by atomic mass is 9.87. The molecule has 0 aromatic heterocycles. The number of ether oxygens (including phenoxy) is 2. The molecule has 0 unspecified atom stereocenters. The van der Waals surface area contributed by atoms with Crippen LogP contribution in [0.1, 0.15) is 31.9 Å². The first-order valence-electron chi connectivity index (χ1n) is 11.7. The molecule has 0 spiro atoms. The summed E-state index contributed by atoms with van der Waals surface area (Å²) >= 11 is 3.32. The van der Waals surface area contributed by atoms with Crippen LogP contribution in [-0.4, -0.2) is 31.1 Å². The van der Waals surface area contributed by atoms with Gasteiger partial charge in [0, 0.05) is 4.47 Å². The maximum Gasteiger partial charge on any atom is 0.335 e. The summed E-state index contributed by atoms with van der Waals surface area (Å²) in [6, 6.07) is 20.9. The van der Waals surface area contributed by atoms with Gasteiger partial charge in [-0.25, -0.2) is 9.69 Å². The number of carbonyl (C=O) groups is 3. The number of anilines is 1. The number of urea groups is 1. The molecule has 190 valence electrons. The summed E-state index contributed by atoms with van der Waals surface area (Å²) in [6.45, 7) is 7.24. The molecule has 1 heterocycles. The highest BCUT2D eigenvalue weighted by Gasteiger charge is 2.36. The maximum atomic E-state index is 13.0. The predicted octanol–water partition coefficient (Wildman–Crippen LogP) is 5.87. The van der Waals surface area contributed by atoms with Crippen molar-refractivity contribution in [2.45, 2.75) is 26.2 Å². The van der Waals surface area contributed by atoms with Crippen LogP contribution in [0.4, 0.5) is 10.5 Å². The van der Waals surface area contributed by atoms with Gasteiger partial charge >= 0.3 is 6.03 Å². The molecule has 0 bridgehead atoms. The van der Waals surface area contributed by atoms with Crippen LogP contribution >= 0.6 is 15.9 Å². The molecule has 37 heavy (non-hydrogen) atoms. The first kappa shape index (κ1) is 26.2. The van der Waals surface area contributed by atoms with Gasteiger partial charge in [0.05, 0.1) is 5.69 Å². The highest BCUT2D eigenvalue weighted by atomic mass is 79.9. The van der Waals surface area contributed by atoms with Gasteiger partial charge in [0.25, 0.3) is 11.8 Å². The molecule has 0 saturated carbocycles. The number of benzene rings is 3. The number of amides is 4. The van der Waals surface area contributed by atoms with E-state index in [0.717, 1.165) is 15.1 Å². The van der Waals surface area contributed by atoms with Crippen molar-refractivity contribution in [2.24, 2.45) is 0 Å². The van der Waals surface area contributed by atoms with E-state index in [9.17, 15) is 14.4 Å². The molecule has 7 nitrogen and oxygen atoms in total. The molecule has 4 amide bonds. The van der Waals surface area contributed by atoms with Gasteiger partial charge in [-0.15, -0.1) is 0 Å². The van der Waals surface area contributed by atoms with Crippen LogP contribution in [0.5, 0.6) is 11.5 Å². The van der Waals surface area contributed by atoms with E-state index in [0.29, 0.717) is 30.2 Å². The molecule has 0 atom stereocenters. The summed E-state index contributed by atoms with van der Waals surface area (Å²) < 4.78 is 12.3. The van der Waals surface area contributed by atoms with Crippen molar-refractivity contribution in [3.8, 4) is 11.5 Å². The zero-order chi connectivity index (χ0) is 26.6. The average molecular weight is 563 g/mol. The fourth-order valence-electron chi connectivity index (χ4n) is 3.68. The molecule has 1 saturated heterocycles. The van der Waals surface area contributed by atoms with E-state index in [2.05, 4.69) is 54.2 Å². The monoisotopic (exact) mass is 562 g/mol. The Morgan fingerprint density at radius 3 is 1.89 bits per heavy atom. The standard InChI is InChI=1S/C29H27BrN2O5/c1-29(2,3)20-6-14-24(15-7-20)37-17-16-36-23-12-4-19(5-13-23)18-25-26(33)31-28(35)32(27(25)34)22-10-8-21(30)9-11-22/h4-15,18H,16-17H2,1-3H3,(H,31,33,35). The van der Waals surface area contributed by atoms with Crippen LogP contribution in [-0.2, 0) is 15.0 Å². The lowest BCUT2D eigenvalue weighted by Gasteiger charge is -2.26. The molecule has 8 heteroatoms. The number of nitrogens with zero attached hydrogens (tertiary/aromatic N) is 1. The molecule has 1 aliphatic heterocycles. The molecule has 4 rings (SSSR count). The quantitative estimate of drug-likeness (QED) is 0.221. The van der Waals surface area contributed by atoms with Gasteiger partial charge < -0.3 is 9.47 Å². The van der Waals surface area contributed by atoms with Crippen LogP contribution < -0.4 is 19.7 Å². The molecule has 1 fully saturated rings. The van der Waals surface area contributed by atoms with Crippen molar-refractivity contribution in [2.75, 3.05) is 18.1 Å². The smallest absolute Gasteiger partial charge is 0.335 e. The molecular weight excluding hydrogens is 536 g/mol. The lowest BCUT2D eigenvalue weighted by molar-refractivity contribution is -0.122. The number of hydrogen-bond acceptors (Lipinski definition) is 5. The normalized spacial score (nSPS) is 15.1. The van der Waals surface area contributed by atoms with E-state index in [1.807, 2.05) is 12.1 Å². The molecule has 1 N–H and O–H groups in total. The first-order chi connectivity index (χ1) is 17.6. The maximum absolute atomic E-state index is 13.0. The summed E-state index contributed by atoms with van der Waals surface area (Å²) in [5.74, 6) is -0.0231. The largest absolute Gasteiger partial charge is 0.490 e. The van der Waals surface area contributed by atoms with Crippen molar-refractivity contribution in [1.29, 1.82) is 0 Å². The minimum Gasteiger partial charge on any atom is -0.490 e. The van der Waals surface area contributed by atoms with Crippen LogP contribution in [0.3, 0.4) is 0 Å². The Morgan fingerprint density at radius 2 is 1.35 bits per heavy atom. The summed E-state index contributed by atoms with van der Waals surface area (Å²) in [6.07, 6.45) is 1.45. The second-order valence-electron chi connectivity index (χ2n) is 9.47. The zero-order valence-corrected chi connectivity index (χ0v) is 22.4. The van der Waals surface area contributed by atoms with Gasteiger partial charge in [0.2, 0.25) is 0 Å². The van der Waals surface area contributed by atoms with Crippen LogP contribution in [0.15, 0.2) is 82.8 Å². The topological polar surface area (TPSA) is 84.9 Å². The Hall–Kier alpha value is -3.91.